The molecule has 0 saturated carbocycles. The quantitative estimate of drug-likeness (QED) is 0.786. The molecule has 1 aliphatic rings. The minimum Gasteiger partial charge on any atom is -0.296 e. The first-order chi connectivity index (χ1) is 8.31. The fraction of sp³-hybridized carbons (Fsp3) is 0.667. The van der Waals surface area contributed by atoms with E-state index in [2.05, 4.69) is 36.0 Å². The number of likely N-dealkylation sites (tertiary alicyclic amines) is 1. The van der Waals surface area contributed by atoms with Gasteiger partial charge in [0.2, 0.25) is 0 Å². The standard InChI is InChI=1S/C15H24N2/c1-3-4-8-17-9-6-5-7-15(17)14-10-13(2)11-16-12-14/h10-12,15H,3-9H2,1-2H3. The lowest BCUT2D eigenvalue weighted by atomic mass is 9.95. The highest BCUT2D eigenvalue weighted by atomic mass is 15.2. The summed E-state index contributed by atoms with van der Waals surface area (Å²) in [5, 5.41) is 0. The number of aryl methyl sites for hydroxylation is 1. The molecule has 1 unspecified atom stereocenters. The third kappa shape index (κ3) is 3.29. The monoisotopic (exact) mass is 232 g/mol. The van der Waals surface area contributed by atoms with Crippen molar-refractivity contribution in [3.63, 3.8) is 0 Å². The van der Waals surface area contributed by atoms with Crippen LogP contribution in [0.25, 0.3) is 0 Å². The minimum atomic E-state index is 0.614. The highest BCUT2D eigenvalue weighted by Gasteiger charge is 2.23. The Hall–Kier alpha value is -0.890. The molecule has 1 saturated heterocycles. The van der Waals surface area contributed by atoms with Gasteiger partial charge >= 0.3 is 0 Å². The van der Waals surface area contributed by atoms with E-state index in [1.165, 1.54) is 56.3 Å². The summed E-state index contributed by atoms with van der Waals surface area (Å²) in [5.74, 6) is 0. The van der Waals surface area contributed by atoms with Gasteiger partial charge in [-0.25, -0.2) is 0 Å². The first kappa shape index (κ1) is 12.6. The van der Waals surface area contributed by atoms with Gasteiger partial charge in [-0.15, -0.1) is 0 Å². The average molecular weight is 232 g/mol. The van der Waals surface area contributed by atoms with Crippen LogP contribution in [-0.2, 0) is 0 Å². The molecule has 2 nitrogen and oxygen atoms in total. The Morgan fingerprint density at radius 3 is 3.00 bits per heavy atom. The van der Waals surface area contributed by atoms with Gasteiger partial charge in [0, 0.05) is 18.4 Å². The van der Waals surface area contributed by atoms with Crippen LogP contribution in [0.4, 0.5) is 0 Å². The third-order valence-corrected chi connectivity index (χ3v) is 3.69. The van der Waals surface area contributed by atoms with Crippen molar-refractivity contribution in [2.24, 2.45) is 0 Å². The zero-order valence-corrected chi connectivity index (χ0v) is 11.2. The molecule has 1 aromatic heterocycles. The van der Waals surface area contributed by atoms with E-state index in [9.17, 15) is 0 Å². The fourth-order valence-electron chi connectivity index (χ4n) is 2.76. The van der Waals surface area contributed by atoms with E-state index in [1.807, 2.05) is 6.20 Å². The fourth-order valence-corrected chi connectivity index (χ4v) is 2.76. The van der Waals surface area contributed by atoms with Crippen molar-refractivity contribution < 1.29 is 0 Å². The molecule has 2 heterocycles. The molecule has 94 valence electrons. The van der Waals surface area contributed by atoms with Crippen molar-refractivity contribution in [3.8, 4) is 0 Å². The summed E-state index contributed by atoms with van der Waals surface area (Å²) < 4.78 is 0. The number of nitrogens with zero attached hydrogens (tertiary/aromatic N) is 2. The van der Waals surface area contributed by atoms with Crippen LogP contribution in [0.2, 0.25) is 0 Å². The molecule has 0 aliphatic carbocycles. The summed E-state index contributed by atoms with van der Waals surface area (Å²) in [6.45, 7) is 6.91. The van der Waals surface area contributed by atoms with Crippen LogP contribution in [0.1, 0.15) is 56.2 Å². The van der Waals surface area contributed by atoms with Gasteiger partial charge in [0.05, 0.1) is 0 Å². The SMILES string of the molecule is CCCCN1CCCCC1c1cncc(C)c1. The van der Waals surface area contributed by atoms with Gasteiger partial charge in [-0.2, -0.15) is 0 Å². The molecule has 0 spiro atoms. The Morgan fingerprint density at radius 1 is 1.35 bits per heavy atom. The topological polar surface area (TPSA) is 16.1 Å². The number of rotatable bonds is 4. The molecule has 0 amide bonds. The van der Waals surface area contributed by atoms with Crippen LogP contribution in [0, 0.1) is 6.92 Å². The predicted molar refractivity (Wildman–Crippen MR) is 72.0 cm³/mol. The van der Waals surface area contributed by atoms with Crippen molar-refractivity contribution in [1.82, 2.24) is 9.88 Å². The first-order valence-corrected chi connectivity index (χ1v) is 6.97. The van der Waals surface area contributed by atoms with Gasteiger partial charge in [-0.05, 0) is 50.4 Å². The van der Waals surface area contributed by atoms with Gasteiger partial charge < -0.3 is 0 Å². The Kier molecular flexibility index (Phi) is 4.55. The highest BCUT2D eigenvalue weighted by Crippen LogP contribution is 2.30. The Morgan fingerprint density at radius 2 is 2.24 bits per heavy atom. The Labute approximate surface area is 105 Å². The molecule has 0 N–H and O–H groups in total. The van der Waals surface area contributed by atoms with E-state index >= 15 is 0 Å². The molecule has 2 heteroatoms. The number of pyridine rings is 1. The molecular weight excluding hydrogens is 208 g/mol. The predicted octanol–water partition coefficient (Wildman–Crippen LogP) is 3.72. The zero-order valence-electron chi connectivity index (χ0n) is 11.2. The van der Waals surface area contributed by atoms with E-state index < -0.39 is 0 Å². The van der Waals surface area contributed by atoms with E-state index in [0.29, 0.717) is 6.04 Å². The number of aromatic nitrogens is 1. The Balaban J connectivity index is 2.10. The minimum absolute atomic E-state index is 0.614. The molecule has 0 aromatic carbocycles. The summed E-state index contributed by atoms with van der Waals surface area (Å²) in [5.41, 5.74) is 2.70. The van der Waals surface area contributed by atoms with Crippen LogP contribution in [0.5, 0.6) is 0 Å². The maximum Gasteiger partial charge on any atom is 0.0363 e. The number of unbranched alkanes of at least 4 members (excludes halogenated alkanes) is 1. The van der Waals surface area contributed by atoms with Gasteiger partial charge in [0.25, 0.3) is 0 Å². The zero-order chi connectivity index (χ0) is 12.1. The summed E-state index contributed by atoms with van der Waals surface area (Å²) in [6, 6.07) is 2.92. The van der Waals surface area contributed by atoms with E-state index in [1.54, 1.807) is 0 Å². The van der Waals surface area contributed by atoms with Crippen LogP contribution in [-0.4, -0.2) is 23.0 Å². The molecule has 0 bridgehead atoms. The maximum absolute atomic E-state index is 4.35. The van der Waals surface area contributed by atoms with Crippen LogP contribution >= 0.6 is 0 Å². The molecule has 0 radical (unpaired) electrons. The molecule has 1 fully saturated rings. The van der Waals surface area contributed by atoms with Crippen molar-refractivity contribution >= 4 is 0 Å². The van der Waals surface area contributed by atoms with E-state index in [4.69, 9.17) is 0 Å². The molecule has 1 aromatic rings. The van der Waals surface area contributed by atoms with Crippen molar-refractivity contribution in [1.29, 1.82) is 0 Å². The van der Waals surface area contributed by atoms with E-state index in [-0.39, 0.29) is 0 Å². The summed E-state index contributed by atoms with van der Waals surface area (Å²) in [4.78, 5) is 7.00. The summed E-state index contributed by atoms with van der Waals surface area (Å²) >= 11 is 0. The van der Waals surface area contributed by atoms with Crippen LogP contribution in [0.15, 0.2) is 18.5 Å². The molecular formula is C15H24N2. The number of hydrogen-bond donors (Lipinski definition) is 0. The molecule has 1 atom stereocenters. The second-order valence-electron chi connectivity index (χ2n) is 5.20. The average Bonchev–Trinajstić information content (AvgIpc) is 2.37. The van der Waals surface area contributed by atoms with E-state index in [0.717, 1.165) is 0 Å². The van der Waals surface area contributed by atoms with Gasteiger partial charge in [-0.1, -0.05) is 25.8 Å². The molecule has 17 heavy (non-hydrogen) atoms. The smallest absolute Gasteiger partial charge is 0.0363 e. The van der Waals surface area contributed by atoms with Crippen molar-refractivity contribution in [2.75, 3.05) is 13.1 Å². The normalized spacial score (nSPS) is 21.6. The Bertz CT molecular complexity index is 349. The van der Waals surface area contributed by atoms with Gasteiger partial charge in [0.15, 0.2) is 0 Å². The second-order valence-corrected chi connectivity index (χ2v) is 5.20. The molecule has 1 aliphatic heterocycles. The largest absolute Gasteiger partial charge is 0.296 e. The second kappa shape index (κ2) is 6.15. The van der Waals surface area contributed by atoms with Crippen LogP contribution < -0.4 is 0 Å². The highest BCUT2D eigenvalue weighted by molar-refractivity contribution is 5.20. The third-order valence-electron chi connectivity index (χ3n) is 3.69. The van der Waals surface area contributed by atoms with Crippen molar-refractivity contribution in [2.45, 2.75) is 52.0 Å². The number of piperidine rings is 1. The van der Waals surface area contributed by atoms with Gasteiger partial charge in [0.1, 0.15) is 0 Å². The van der Waals surface area contributed by atoms with Crippen molar-refractivity contribution in [3.05, 3.63) is 29.6 Å². The summed E-state index contributed by atoms with van der Waals surface area (Å²) in [7, 11) is 0. The summed E-state index contributed by atoms with van der Waals surface area (Å²) in [6.07, 6.45) is 10.6. The lowest BCUT2D eigenvalue weighted by Gasteiger charge is -2.36. The first-order valence-electron chi connectivity index (χ1n) is 6.97. The maximum atomic E-state index is 4.35. The lowest BCUT2D eigenvalue weighted by Crippen LogP contribution is -2.34. The number of hydrogen-bond acceptors (Lipinski definition) is 2. The molecule has 2 rings (SSSR count). The lowest BCUT2D eigenvalue weighted by molar-refractivity contribution is 0.146. The van der Waals surface area contributed by atoms with Crippen LogP contribution in [0.3, 0.4) is 0 Å². The van der Waals surface area contributed by atoms with Gasteiger partial charge in [-0.3, -0.25) is 9.88 Å².